The Morgan fingerprint density at radius 1 is 0.960 bits per heavy atom. The standard InChI is InChI=1S/C23H34O2/c1-22-11-9-21-18(6-4-16-3-5-17(24)13-23(16,21)2)20(22)8-7-19(22)15-10-12-25-14-15/h10,12,14,16-21,24H,3-9,11,13H2,1-2H3/t16?,17?,18-,19?,20-,21+,22+,23-/m0/s1. The number of hydrogen-bond acceptors (Lipinski definition) is 2. The van der Waals surface area contributed by atoms with Crippen LogP contribution in [0.3, 0.4) is 0 Å². The van der Waals surface area contributed by atoms with Crippen molar-refractivity contribution in [3.8, 4) is 0 Å². The molecule has 0 radical (unpaired) electrons. The van der Waals surface area contributed by atoms with Gasteiger partial charge < -0.3 is 9.52 Å². The zero-order chi connectivity index (χ0) is 17.2. The molecule has 2 nitrogen and oxygen atoms in total. The highest BCUT2D eigenvalue weighted by Gasteiger charge is 2.60. The number of aliphatic hydroxyl groups is 1. The van der Waals surface area contributed by atoms with E-state index >= 15 is 0 Å². The summed E-state index contributed by atoms with van der Waals surface area (Å²) in [6, 6.07) is 2.21. The zero-order valence-corrected chi connectivity index (χ0v) is 15.9. The molecule has 1 heterocycles. The maximum absolute atomic E-state index is 10.4. The van der Waals surface area contributed by atoms with E-state index in [4.69, 9.17) is 4.42 Å². The number of hydrogen-bond donors (Lipinski definition) is 1. The first-order chi connectivity index (χ1) is 12.0. The van der Waals surface area contributed by atoms with Crippen molar-refractivity contribution in [2.24, 2.45) is 34.5 Å². The van der Waals surface area contributed by atoms with Crippen molar-refractivity contribution in [3.63, 3.8) is 0 Å². The van der Waals surface area contributed by atoms with Crippen molar-refractivity contribution in [1.29, 1.82) is 0 Å². The Hall–Kier alpha value is -0.760. The van der Waals surface area contributed by atoms with Crippen molar-refractivity contribution in [1.82, 2.24) is 0 Å². The van der Waals surface area contributed by atoms with E-state index in [0.717, 1.165) is 36.5 Å². The molecule has 0 bridgehead atoms. The molecule has 4 saturated carbocycles. The Morgan fingerprint density at radius 2 is 1.76 bits per heavy atom. The van der Waals surface area contributed by atoms with Crippen molar-refractivity contribution in [3.05, 3.63) is 24.2 Å². The van der Waals surface area contributed by atoms with E-state index in [2.05, 4.69) is 19.9 Å². The molecule has 1 aromatic heterocycles. The maximum atomic E-state index is 10.4. The number of furan rings is 1. The summed E-state index contributed by atoms with van der Waals surface area (Å²) in [5.41, 5.74) is 2.30. The molecule has 0 spiro atoms. The highest BCUT2D eigenvalue weighted by Crippen LogP contribution is 2.68. The van der Waals surface area contributed by atoms with Crippen molar-refractivity contribution in [2.75, 3.05) is 0 Å². The molecule has 0 amide bonds. The predicted molar refractivity (Wildman–Crippen MR) is 99.2 cm³/mol. The summed E-state index contributed by atoms with van der Waals surface area (Å²) >= 11 is 0. The van der Waals surface area contributed by atoms with Gasteiger partial charge in [-0.05, 0) is 110 Å². The second kappa shape index (κ2) is 5.62. The van der Waals surface area contributed by atoms with Crippen molar-refractivity contribution < 1.29 is 9.52 Å². The monoisotopic (exact) mass is 342 g/mol. The highest BCUT2D eigenvalue weighted by molar-refractivity contribution is 5.22. The van der Waals surface area contributed by atoms with E-state index in [-0.39, 0.29) is 6.10 Å². The predicted octanol–water partition coefficient (Wildman–Crippen LogP) is 5.77. The van der Waals surface area contributed by atoms with Gasteiger partial charge in [-0.15, -0.1) is 0 Å². The smallest absolute Gasteiger partial charge is 0.0937 e. The van der Waals surface area contributed by atoms with Crippen LogP contribution < -0.4 is 0 Å². The van der Waals surface area contributed by atoms with Gasteiger partial charge in [0.25, 0.3) is 0 Å². The van der Waals surface area contributed by atoms with E-state index < -0.39 is 0 Å². The molecule has 1 aromatic rings. The lowest BCUT2D eigenvalue weighted by Gasteiger charge is -2.61. The molecule has 2 heteroatoms. The van der Waals surface area contributed by atoms with Gasteiger partial charge in [0.05, 0.1) is 18.6 Å². The second-order valence-corrected chi connectivity index (χ2v) is 10.3. The van der Waals surface area contributed by atoms with Crippen LogP contribution in [0.2, 0.25) is 0 Å². The lowest BCUT2D eigenvalue weighted by molar-refractivity contribution is -0.126. The van der Waals surface area contributed by atoms with Crippen LogP contribution in [0.5, 0.6) is 0 Å². The number of aliphatic hydroxyl groups excluding tert-OH is 1. The van der Waals surface area contributed by atoms with E-state index in [1.165, 1.54) is 50.5 Å². The topological polar surface area (TPSA) is 33.4 Å². The fraction of sp³-hybridized carbons (Fsp3) is 0.826. The maximum Gasteiger partial charge on any atom is 0.0937 e. The summed E-state index contributed by atoms with van der Waals surface area (Å²) in [6.07, 6.45) is 15.5. The van der Waals surface area contributed by atoms with Gasteiger partial charge in [-0.25, -0.2) is 0 Å². The molecule has 8 atom stereocenters. The first-order valence-electron chi connectivity index (χ1n) is 10.7. The Bertz CT molecular complexity index is 622. The molecule has 5 rings (SSSR count). The minimum atomic E-state index is -0.0458. The summed E-state index contributed by atoms with van der Waals surface area (Å²) < 4.78 is 5.43. The third-order valence-electron chi connectivity index (χ3n) is 9.53. The Labute approximate surface area is 152 Å². The molecule has 0 aromatic carbocycles. The molecular weight excluding hydrogens is 308 g/mol. The molecule has 0 aliphatic heterocycles. The van der Waals surface area contributed by atoms with Gasteiger partial charge in [0.2, 0.25) is 0 Å². The van der Waals surface area contributed by atoms with Gasteiger partial charge in [0.1, 0.15) is 0 Å². The minimum Gasteiger partial charge on any atom is -0.472 e. The third kappa shape index (κ3) is 2.25. The first kappa shape index (κ1) is 16.4. The summed E-state index contributed by atoms with van der Waals surface area (Å²) in [6.45, 7) is 5.13. The molecule has 3 unspecified atom stereocenters. The minimum absolute atomic E-state index is 0.0458. The van der Waals surface area contributed by atoms with Crippen LogP contribution in [-0.2, 0) is 0 Å². The van der Waals surface area contributed by atoms with Crippen LogP contribution in [0.25, 0.3) is 0 Å². The van der Waals surface area contributed by atoms with Gasteiger partial charge in [-0.2, -0.15) is 0 Å². The van der Waals surface area contributed by atoms with Crippen LogP contribution in [0.15, 0.2) is 23.0 Å². The van der Waals surface area contributed by atoms with Crippen LogP contribution in [-0.4, -0.2) is 11.2 Å². The van der Waals surface area contributed by atoms with E-state index in [0.29, 0.717) is 16.7 Å². The largest absolute Gasteiger partial charge is 0.472 e. The van der Waals surface area contributed by atoms with Crippen molar-refractivity contribution >= 4 is 0 Å². The molecule has 4 aliphatic rings. The van der Waals surface area contributed by atoms with E-state index in [1.807, 2.05) is 12.5 Å². The molecule has 138 valence electrons. The average molecular weight is 343 g/mol. The number of rotatable bonds is 1. The Morgan fingerprint density at radius 3 is 2.56 bits per heavy atom. The van der Waals surface area contributed by atoms with Gasteiger partial charge in [-0.3, -0.25) is 0 Å². The molecule has 1 N–H and O–H groups in total. The summed E-state index contributed by atoms with van der Waals surface area (Å²) in [4.78, 5) is 0. The van der Waals surface area contributed by atoms with Gasteiger partial charge in [-0.1, -0.05) is 13.8 Å². The molecular formula is C23H34O2. The van der Waals surface area contributed by atoms with Crippen LogP contribution in [0, 0.1) is 34.5 Å². The van der Waals surface area contributed by atoms with Gasteiger partial charge in [0, 0.05) is 0 Å². The summed E-state index contributed by atoms with van der Waals surface area (Å²) in [5.74, 6) is 4.18. The molecule has 0 saturated heterocycles. The quantitative estimate of drug-likeness (QED) is 0.703. The average Bonchev–Trinajstić information content (AvgIpc) is 3.20. The highest BCUT2D eigenvalue weighted by atomic mass is 16.3. The van der Waals surface area contributed by atoms with Gasteiger partial charge in [0.15, 0.2) is 0 Å². The van der Waals surface area contributed by atoms with E-state index in [9.17, 15) is 5.11 Å². The van der Waals surface area contributed by atoms with Crippen LogP contribution >= 0.6 is 0 Å². The van der Waals surface area contributed by atoms with E-state index in [1.54, 1.807) is 0 Å². The Balaban J connectivity index is 1.45. The fourth-order valence-electron chi connectivity index (χ4n) is 8.35. The Kier molecular flexibility index (Phi) is 3.69. The van der Waals surface area contributed by atoms with Crippen LogP contribution in [0.1, 0.15) is 83.1 Å². The second-order valence-electron chi connectivity index (χ2n) is 10.3. The fourth-order valence-corrected chi connectivity index (χ4v) is 8.35. The lowest BCUT2D eigenvalue weighted by atomic mass is 9.44. The number of fused-ring (bicyclic) bond motifs is 5. The normalized spacial score (nSPS) is 52.3. The SMILES string of the molecule is C[C@]12CC(O)CCC1CC[C@@H]1[C@H]2CC[C@]2(C)C(c3ccoc3)CC[C@@H]12. The molecule has 4 fully saturated rings. The first-order valence-corrected chi connectivity index (χ1v) is 10.7. The molecule has 25 heavy (non-hydrogen) atoms. The lowest BCUT2D eigenvalue weighted by Crippen LogP contribution is -2.54. The zero-order valence-electron chi connectivity index (χ0n) is 15.9. The third-order valence-corrected chi connectivity index (χ3v) is 9.53. The summed E-state index contributed by atoms with van der Waals surface area (Å²) in [7, 11) is 0. The van der Waals surface area contributed by atoms with Crippen molar-refractivity contribution in [2.45, 2.75) is 83.7 Å². The van der Waals surface area contributed by atoms with Crippen LogP contribution in [0.4, 0.5) is 0 Å². The van der Waals surface area contributed by atoms with Gasteiger partial charge >= 0.3 is 0 Å². The summed E-state index contributed by atoms with van der Waals surface area (Å²) in [5, 5.41) is 10.4. The molecule has 4 aliphatic carbocycles.